The van der Waals surface area contributed by atoms with E-state index in [0.29, 0.717) is 12.8 Å². The Balaban J connectivity index is 1.99. The molecule has 0 aromatic heterocycles. The van der Waals surface area contributed by atoms with Gasteiger partial charge < -0.3 is 10.1 Å². The third-order valence-corrected chi connectivity index (χ3v) is 3.88. The number of imide groups is 1. The fourth-order valence-electron chi connectivity index (χ4n) is 2.49. The Morgan fingerprint density at radius 2 is 2.04 bits per heavy atom. The number of benzene rings is 1. The highest BCUT2D eigenvalue weighted by molar-refractivity contribution is 6.08. The molecule has 1 aromatic carbocycles. The number of urea groups is 1. The van der Waals surface area contributed by atoms with Gasteiger partial charge in [0, 0.05) is 0 Å². The van der Waals surface area contributed by atoms with E-state index in [1.54, 1.807) is 13.0 Å². The molecule has 7 heteroatoms. The first-order valence-corrected chi connectivity index (χ1v) is 7.63. The van der Waals surface area contributed by atoms with Crippen LogP contribution in [0.3, 0.4) is 0 Å². The molecule has 2 rings (SSSR count). The van der Waals surface area contributed by atoms with E-state index < -0.39 is 36.1 Å². The summed E-state index contributed by atoms with van der Waals surface area (Å²) in [6.07, 6.45) is 0.109. The van der Waals surface area contributed by atoms with Gasteiger partial charge >= 0.3 is 12.0 Å². The molecule has 1 N–H and O–H groups in total. The van der Waals surface area contributed by atoms with Crippen molar-refractivity contribution in [1.29, 1.82) is 5.26 Å². The lowest BCUT2D eigenvalue weighted by Crippen LogP contribution is -2.44. The van der Waals surface area contributed by atoms with Crippen LogP contribution >= 0.6 is 0 Å². The zero-order chi connectivity index (χ0) is 17.7. The van der Waals surface area contributed by atoms with E-state index in [1.165, 1.54) is 6.92 Å². The largest absolute Gasteiger partial charge is 0.446 e. The van der Waals surface area contributed by atoms with Crippen molar-refractivity contribution in [3.05, 3.63) is 35.9 Å². The Labute approximate surface area is 140 Å². The van der Waals surface area contributed by atoms with Crippen molar-refractivity contribution in [2.75, 3.05) is 6.54 Å². The summed E-state index contributed by atoms with van der Waals surface area (Å²) in [7, 11) is 0. The minimum absolute atomic E-state index is 0.418. The number of nitrogens with zero attached hydrogens (tertiary/aromatic N) is 2. The number of carbonyl (C=O) groups is 3. The maximum atomic E-state index is 12.5. The molecular weight excluding hydrogens is 310 g/mol. The van der Waals surface area contributed by atoms with Crippen molar-refractivity contribution in [1.82, 2.24) is 10.2 Å². The van der Waals surface area contributed by atoms with Crippen molar-refractivity contribution in [3.63, 3.8) is 0 Å². The number of aryl methyl sites for hydroxylation is 1. The second-order valence-corrected chi connectivity index (χ2v) is 5.90. The summed E-state index contributed by atoms with van der Waals surface area (Å²) in [6, 6.07) is 10.7. The Morgan fingerprint density at radius 1 is 1.38 bits per heavy atom. The van der Waals surface area contributed by atoms with Crippen molar-refractivity contribution >= 4 is 17.9 Å². The lowest BCUT2D eigenvalue weighted by molar-refractivity contribution is -0.149. The zero-order valence-electron chi connectivity index (χ0n) is 13.6. The predicted molar refractivity (Wildman–Crippen MR) is 84.6 cm³/mol. The smallest absolute Gasteiger partial charge is 0.327 e. The molecule has 1 fully saturated rings. The summed E-state index contributed by atoms with van der Waals surface area (Å²) in [5.74, 6) is -1.26. The van der Waals surface area contributed by atoms with Gasteiger partial charge in [-0.15, -0.1) is 0 Å². The van der Waals surface area contributed by atoms with Crippen LogP contribution in [0, 0.1) is 11.3 Å². The third-order valence-electron chi connectivity index (χ3n) is 3.88. The monoisotopic (exact) mass is 329 g/mol. The van der Waals surface area contributed by atoms with E-state index in [2.05, 4.69) is 5.32 Å². The average molecular weight is 329 g/mol. The molecule has 0 aliphatic carbocycles. The molecule has 0 bridgehead atoms. The normalized spacial score (nSPS) is 21.1. The van der Waals surface area contributed by atoms with E-state index in [0.717, 1.165) is 10.5 Å². The third kappa shape index (κ3) is 3.90. The van der Waals surface area contributed by atoms with Crippen LogP contribution in [-0.4, -0.2) is 41.0 Å². The lowest BCUT2D eigenvalue weighted by atomic mass is 9.93. The van der Waals surface area contributed by atoms with E-state index >= 15 is 0 Å². The molecule has 1 heterocycles. The molecule has 0 saturated carbocycles. The molecule has 24 heavy (non-hydrogen) atoms. The molecule has 1 aromatic rings. The number of nitriles is 1. The highest BCUT2D eigenvalue weighted by atomic mass is 16.5. The van der Waals surface area contributed by atoms with E-state index in [1.807, 2.05) is 30.3 Å². The van der Waals surface area contributed by atoms with Crippen LogP contribution in [-0.2, 0) is 20.7 Å². The number of hydrogen-bond donors (Lipinski definition) is 1. The number of rotatable bonds is 6. The fourth-order valence-corrected chi connectivity index (χ4v) is 2.49. The molecule has 1 aliphatic rings. The molecule has 1 saturated heterocycles. The Kier molecular flexibility index (Phi) is 5.19. The lowest BCUT2D eigenvalue weighted by Gasteiger charge is -2.21. The molecule has 7 nitrogen and oxygen atoms in total. The molecule has 2 atom stereocenters. The first-order valence-electron chi connectivity index (χ1n) is 7.63. The summed E-state index contributed by atoms with van der Waals surface area (Å²) in [5, 5.41) is 11.3. The van der Waals surface area contributed by atoms with Crippen LogP contribution in [0.5, 0.6) is 0 Å². The maximum absolute atomic E-state index is 12.5. The fraction of sp³-hybridized carbons (Fsp3) is 0.412. The number of esters is 1. The summed E-state index contributed by atoms with van der Waals surface area (Å²) in [4.78, 5) is 37.1. The van der Waals surface area contributed by atoms with Gasteiger partial charge in [0.15, 0.2) is 6.10 Å². The van der Waals surface area contributed by atoms with Crippen LogP contribution in [0.15, 0.2) is 30.3 Å². The minimum atomic E-state index is -1.06. The molecule has 0 spiro atoms. The minimum Gasteiger partial charge on any atom is -0.446 e. The quantitative estimate of drug-likeness (QED) is 0.628. The topological polar surface area (TPSA) is 99.5 Å². The molecule has 0 unspecified atom stereocenters. The Bertz CT molecular complexity index is 683. The van der Waals surface area contributed by atoms with E-state index in [4.69, 9.17) is 10.00 Å². The van der Waals surface area contributed by atoms with Gasteiger partial charge in [-0.1, -0.05) is 30.3 Å². The van der Waals surface area contributed by atoms with Crippen molar-refractivity contribution in [2.24, 2.45) is 0 Å². The van der Waals surface area contributed by atoms with E-state index in [9.17, 15) is 14.4 Å². The number of carbonyl (C=O) groups excluding carboxylic acids is 3. The SMILES string of the molecule is C[C@H](C#N)OC(=O)CN1C(=O)N[C@@](C)(CCc2ccccc2)C1=O. The predicted octanol–water partition coefficient (Wildman–Crippen LogP) is 1.38. The Morgan fingerprint density at radius 3 is 2.67 bits per heavy atom. The van der Waals surface area contributed by atoms with Gasteiger partial charge in [-0.25, -0.2) is 4.79 Å². The van der Waals surface area contributed by atoms with Gasteiger partial charge in [0.05, 0.1) is 0 Å². The number of amides is 3. The highest BCUT2D eigenvalue weighted by Gasteiger charge is 2.48. The van der Waals surface area contributed by atoms with Crippen LogP contribution < -0.4 is 5.32 Å². The van der Waals surface area contributed by atoms with Gasteiger partial charge in [0.1, 0.15) is 18.2 Å². The van der Waals surface area contributed by atoms with Crippen LogP contribution in [0.4, 0.5) is 4.79 Å². The van der Waals surface area contributed by atoms with Gasteiger partial charge in [-0.3, -0.25) is 14.5 Å². The van der Waals surface area contributed by atoms with Gasteiger partial charge in [0.25, 0.3) is 5.91 Å². The van der Waals surface area contributed by atoms with Crippen LogP contribution in [0.2, 0.25) is 0 Å². The van der Waals surface area contributed by atoms with Gasteiger partial charge in [-0.2, -0.15) is 5.26 Å². The second kappa shape index (κ2) is 7.13. The molecular formula is C17H19N3O4. The first-order chi connectivity index (χ1) is 11.4. The number of hydrogen-bond acceptors (Lipinski definition) is 5. The Hall–Kier alpha value is -2.88. The molecule has 1 aliphatic heterocycles. The summed E-state index contributed by atoms with van der Waals surface area (Å²) >= 11 is 0. The van der Waals surface area contributed by atoms with Gasteiger partial charge in [0.2, 0.25) is 0 Å². The standard InChI is InChI=1S/C17H19N3O4/c1-12(10-18)24-14(21)11-20-15(22)17(2,19-16(20)23)9-8-13-6-4-3-5-7-13/h3-7,12H,8-9,11H2,1-2H3,(H,19,23)/t12-,17+/m1/s1. The molecule has 0 radical (unpaired) electrons. The summed E-state index contributed by atoms with van der Waals surface area (Å²) < 4.78 is 4.78. The summed E-state index contributed by atoms with van der Waals surface area (Å²) in [6.45, 7) is 2.55. The second-order valence-electron chi connectivity index (χ2n) is 5.90. The number of nitrogens with one attached hydrogen (secondary N) is 1. The molecule has 126 valence electrons. The van der Waals surface area contributed by atoms with Gasteiger partial charge in [-0.05, 0) is 32.3 Å². The molecule has 3 amide bonds. The number of ether oxygens (including phenoxy) is 1. The summed E-state index contributed by atoms with van der Waals surface area (Å²) in [5.41, 5.74) is -0.00453. The van der Waals surface area contributed by atoms with Crippen molar-refractivity contribution < 1.29 is 19.1 Å². The van der Waals surface area contributed by atoms with E-state index in [-0.39, 0.29) is 0 Å². The maximum Gasteiger partial charge on any atom is 0.327 e. The van der Waals surface area contributed by atoms with Crippen molar-refractivity contribution in [3.8, 4) is 6.07 Å². The highest BCUT2D eigenvalue weighted by Crippen LogP contribution is 2.23. The first kappa shape index (κ1) is 17.5. The average Bonchev–Trinajstić information content (AvgIpc) is 2.77. The van der Waals surface area contributed by atoms with Crippen LogP contribution in [0.1, 0.15) is 25.8 Å². The van der Waals surface area contributed by atoms with Crippen molar-refractivity contribution in [2.45, 2.75) is 38.3 Å². The zero-order valence-corrected chi connectivity index (χ0v) is 13.6. The van der Waals surface area contributed by atoms with Crippen LogP contribution in [0.25, 0.3) is 0 Å².